The molecule has 2 aromatic heterocycles. The van der Waals surface area contributed by atoms with Crippen molar-refractivity contribution < 1.29 is 0 Å². The van der Waals surface area contributed by atoms with Gasteiger partial charge in [0.05, 0.1) is 12.2 Å². The third-order valence-corrected chi connectivity index (χ3v) is 4.61. The van der Waals surface area contributed by atoms with Crippen LogP contribution in [0.5, 0.6) is 0 Å². The Hall–Kier alpha value is -1.65. The predicted molar refractivity (Wildman–Crippen MR) is 87.3 cm³/mol. The number of halogens is 1. The van der Waals surface area contributed by atoms with Gasteiger partial charge in [0.2, 0.25) is 0 Å². The number of nitrogens with zero attached hydrogens (tertiary/aromatic N) is 1. The van der Waals surface area contributed by atoms with Gasteiger partial charge in [0.1, 0.15) is 0 Å². The standard InChI is InChI=1S/C16H12BrNOS/c17-14-5-2-1-4-12(14)10-18-15(6-3-7-16(18)19)13-8-9-20-11-13/h1-9,11H,10H2. The summed E-state index contributed by atoms with van der Waals surface area (Å²) in [5.74, 6) is 0. The molecule has 0 bridgehead atoms. The van der Waals surface area contributed by atoms with E-state index in [1.807, 2.05) is 52.4 Å². The van der Waals surface area contributed by atoms with Gasteiger partial charge in [-0.3, -0.25) is 4.79 Å². The van der Waals surface area contributed by atoms with Gasteiger partial charge in [-0.05, 0) is 29.1 Å². The minimum atomic E-state index is 0.0180. The topological polar surface area (TPSA) is 22.0 Å². The van der Waals surface area contributed by atoms with Gasteiger partial charge >= 0.3 is 0 Å². The Labute approximate surface area is 129 Å². The molecule has 20 heavy (non-hydrogen) atoms. The fourth-order valence-electron chi connectivity index (χ4n) is 2.14. The number of thiophene rings is 1. The van der Waals surface area contributed by atoms with Crippen LogP contribution in [0.4, 0.5) is 0 Å². The fourth-order valence-corrected chi connectivity index (χ4v) is 3.20. The fraction of sp³-hybridized carbons (Fsp3) is 0.0625. The Bertz CT molecular complexity index is 777. The van der Waals surface area contributed by atoms with Crippen molar-refractivity contribution in [2.24, 2.45) is 0 Å². The molecule has 3 aromatic rings. The van der Waals surface area contributed by atoms with Crippen LogP contribution >= 0.6 is 27.3 Å². The summed E-state index contributed by atoms with van der Waals surface area (Å²) in [7, 11) is 0. The number of rotatable bonds is 3. The maximum atomic E-state index is 12.2. The molecule has 100 valence electrons. The van der Waals surface area contributed by atoms with E-state index in [0.717, 1.165) is 21.3 Å². The highest BCUT2D eigenvalue weighted by Crippen LogP contribution is 2.23. The van der Waals surface area contributed by atoms with E-state index in [0.29, 0.717) is 6.54 Å². The van der Waals surface area contributed by atoms with E-state index in [4.69, 9.17) is 0 Å². The number of hydrogen-bond donors (Lipinski definition) is 0. The van der Waals surface area contributed by atoms with E-state index in [1.165, 1.54) is 0 Å². The number of aromatic nitrogens is 1. The van der Waals surface area contributed by atoms with E-state index < -0.39 is 0 Å². The SMILES string of the molecule is O=c1cccc(-c2ccsc2)n1Cc1ccccc1Br. The van der Waals surface area contributed by atoms with Crippen molar-refractivity contribution in [3.63, 3.8) is 0 Å². The summed E-state index contributed by atoms with van der Waals surface area (Å²) in [5, 5.41) is 4.08. The van der Waals surface area contributed by atoms with Gasteiger partial charge in [0.25, 0.3) is 5.56 Å². The molecule has 0 fully saturated rings. The second kappa shape index (κ2) is 5.77. The maximum absolute atomic E-state index is 12.2. The minimum absolute atomic E-state index is 0.0180. The molecule has 0 aliphatic heterocycles. The van der Waals surface area contributed by atoms with Crippen LogP contribution in [0.1, 0.15) is 5.56 Å². The summed E-state index contributed by atoms with van der Waals surface area (Å²) < 4.78 is 2.83. The van der Waals surface area contributed by atoms with Gasteiger partial charge in [0.15, 0.2) is 0 Å². The molecule has 0 atom stereocenters. The molecular weight excluding hydrogens is 334 g/mol. The molecule has 2 nitrogen and oxygen atoms in total. The Morgan fingerprint density at radius 3 is 2.65 bits per heavy atom. The van der Waals surface area contributed by atoms with E-state index >= 15 is 0 Å². The largest absolute Gasteiger partial charge is 0.304 e. The Morgan fingerprint density at radius 2 is 1.90 bits per heavy atom. The smallest absolute Gasteiger partial charge is 0.251 e. The first-order valence-corrected chi connectivity index (χ1v) is 7.95. The zero-order valence-corrected chi connectivity index (χ0v) is 13.0. The second-order valence-electron chi connectivity index (χ2n) is 4.44. The van der Waals surface area contributed by atoms with Crippen LogP contribution in [0.3, 0.4) is 0 Å². The van der Waals surface area contributed by atoms with Crippen LogP contribution in [-0.2, 0) is 6.54 Å². The predicted octanol–water partition coefficient (Wildman–Crippen LogP) is 4.39. The first-order valence-electron chi connectivity index (χ1n) is 6.21. The van der Waals surface area contributed by atoms with Crippen LogP contribution in [0.2, 0.25) is 0 Å². The highest BCUT2D eigenvalue weighted by molar-refractivity contribution is 9.10. The van der Waals surface area contributed by atoms with Gasteiger partial charge in [-0.25, -0.2) is 0 Å². The number of benzene rings is 1. The molecule has 0 saturated carbocycles. The molecule has 0 amide bonds. The summed E-state index contributed by atoms with van der Waals surface area (Å²) in [5.41, 5.74) is 3.15. The quantitative estimate of drug-likeness (QED) is 0.690. The molecule has 0 N–H and O–H groups in total. The summed E-state index contributed by atoms with van der Waals surface area (Å²) in [4.78, 5) is 12.2. The van der Waals surface area contributed by atoms with E-state index in [9.17, 15) is 4.79 Å². The Balaban J connectivity index is 2.10. The van der Waals surface area contributed by atoms with Crippen LogP contribution in [-0.4, -0.2) is 4.57 Å². The lowest BCUT2D eigenvalue weighted by Crippen LogP contribution is -2.21. The summed E-state index contributed by atoms with van der Waals surface area (Å²) in [6.45, 7) is 0.562. The van der Waals surface area contributed by atoms with Crippen LogP contribution in [0.25, 0.3) is 11.3 Å². The van der Waals surface area contributed by atoms with Gasteiger partial charge < -0.3 is 4.57 Å². The molecule has 0 saturated heterocycles. The van der Waals surface area contributed by atoms with Gasteiger partial charge in [-0.1, -0.05) is 40.2 Å². The lowest BCUT2D eigenvalue weighted by molar-refractivity contribution is 0.766. The molecule has 3 rings (SSSR count). The van der Waals surface area contributed by atoms with Crippen molar-refractivity contribution in [3.05, 3.63) is 79.7 Å². The Morgan fingerprint density at radius 1 is 1.05 bits per heavy atom. The third-order valence-electron chi connectivity index (χ3n) is 3.15. The van der Waals surface area contributed by atoms with Crippen LogP contribution < -0.4 is 5.56 Å². The summed E-state index contributed by atoms with van der Waals surface area (Å²) in [6, 6.07) is 15.4. The average molecular weight is 346 g/mol. The van der Waals surface area contributed by atoms with E-state index in [1.54, 1.807) is 17.4 Å². The lowest BCUT2D eigenvalue weighted by Gasteiger charge is -2.12. The average Bonchev–Trinajstić information content (AvgIpc) is 2.97. The van der Waals surface area contributed by atoms with Crippen LogP contribution in [0.15, 0.2) is 68.6 Å². The first-order chi connectivity index (χ1) is 9.75. The minimum Gasteiger partial charge on any atom is -0.304 e. The van der Waals surface area contributed by atoms with Crippen molar-refractivity contribution in [1.82, 2.24) is 4.57 Å². The molecule has 0 aliphatic rings. The Kier molecular flexibility index (Phi) is 3.85. The van der Waals surface area contributed by atoms with Crippen molar-refractivity contribution in [2.45, 2.75) is 6.54 Å². The normalized spacial score (nSPS) is 10.7. The molecule has 0 radical (unpaired) electrons. The zero-order valence-electron chi connectivity index (χ0n) is 10.6. The van der Waals surface area contributed by atoms with Gasteiger partial charge in [0, 0.05) is 21.5 Å². The molecule has 0 spiro atoms. The van der Waals surface area contributed by atoms with E-state index in [2.05, 4.69) is 21.3 Å². The van der Waals surface area contributed by atoms with Crippen molar-refractivity contribution >= 4 is 27.3 Å². The highest BCUT2D eigenvalue weighted by Gasteiger charge is 2.08. The number of hydrogen-bond acceptors (Lipinski definition) is 2. The molecule has 0 aliphatic carbocycles. The summed E-state index contributed by atoms with van der Waals surface area (Å²) >= 11 is 5.17. The second-order valence-corrected chi connectivity index (χ2v) is 6.07. The molecule has 4 heteroatoms. The zero-order chi connectivity index (χ0) is 13.9. The van der Waals surface area contributed by atoms with E-state index in [-0.39, 0.29) is 5.56 Å². The molecule has 1 aromatic carbocycles. The van der Waals surface area contributed by atoms with Gasteiger partial charge in [-0.2, -0.15) is 11.3 Å². The summed E-state index contributed by atoms with van der Waals surface area (Å²) in [6.07, 6.45) is 0. The van der Waals surface area contributed by atoms with Crippen molar-refractivity contribution in [2.75, 3.05) is 0 Å². The molecule has 2 heterocycles. The van der Waals surface area contributed by atoms with Crippen molar-refractivity contribution in [3.8, 4) is 11.3 Å². The first kappa shape index (κ1) is 13.3. The highest BCUT2D eigenvalue weighted by atomic mass is 79.9. The van der Waals surface area contributed by atoms with Crippen molar-refractivity contribution in [1.29, 1.82) is 0 Å². The monoisotopic (exact) mass is 345 g/mol. The molecule has 0 unspecified atom stereocenters. The maximum Gasteiger partial charge on any atom is 0.251 e. The molecular formula is C16H12BrNOS. The van der Waals surface area contributed by atoms with Gasteiger partial charge in [-0.15, -0.1) is 0 Å². The number of pyridine rings is 1. The third kappa shape index (κ3) is 2.62. The lowest BCUT2D eigenvalue weighted by atomic mass is 10.1. The van der Waals surface area contributed by atoms with Crippen LogP contribution in [0, 0.1) is 0 Å².